The van der Waals surface area contributed by atoms with Crippen molar-refractivity contribution in [2.75, 3.05) is 7.11 Å². The molecule has 1 heterocycles. The summed E-state index contributed by atoms with van der Waals surface area (Å²) in [6.45, 7) is 1.97. The van der Waals surface area contributed by atoms with Crippen molar-refractivity contribution in [2.45, 2.75) is 38.5 Å². The van der Waals surface area contributed by atoms with Crippen LogP contribution in [0.3, 0.4) is 0 Å². The highest BCUT2D eigenvalue weighted by molar-refractivity contribution is 5.53. The van der Waals surface area contributed by atoms with Gasteiger partial charge < -0.3 is 9.53 Å². The number of pyridine rings is 1. The van der Waals surface area contributed by atoms with Crippen molar-refractivity contribution in [1.29, 1.82) is 0 Å². The number of carbonyl (C=O) groups is 1. The lowest BCUT2D eigenvalue weighted by Gasteiger charge is -2.25. The maximum absolute atomic E-state index is 10.7. The van der Waals surface area contributed by atoms with Crippen LogP contribution in [-0.2, 0) is 4.79 Å². The molecule has 2 rings (SSSR count). The second-order valence-electron chi connectivity index (χ2n) is 4.77. The minimum absolute atomic E-state index is 0.269. The highest BCUT2D eigenvalue weighted by atomic mass is 16.5. The zero-order chi connectivity index (χ0) is 12.3. The molecule has 0 saturated heterocycles. The van der Waals surface area contributed by atoms with Crippen molar-refractivity contribution in [1.82, 2.24) is 4.98 Å². The largest absolute Gasteiger partial charge is 0.495 e. The standard InChI is InChI=1S/C14H19NO2/c1-10-14(17-2)8-7-13(15-10)12-5-3-11(9-16)4-6-12/h7-9,11-12H,3-6H2,1-2H3/t11-,12-. The van der Waals surface area contributed by atoms with Gasteiger partial charge >= 0.3 is 0 Å². The molecule has 0 spiro atoms. The van der Waals surface area contributed by atoms with Gasteiger partial charge in [-0.2, -0.15) is 0 Å². The van der Waals surface area contributed by atoms with Crippen LogP contribution in [-0.4, -0.2) is 18.4 Å². The molecule has 0 atom stereocenters. The monoisotopic (exact) mass is 233 g/mol. The number of hydrogen-bond donors (Lipinski definition) is 0. The summed E-state index contributed by atoms with van der Waals surface area (Å²) in [5, 5.41) is 0. The Hall–Kier alpha value is -1.38. The average molecular weight is 233 g/mol. The Morgan fingerprint density at radius 3 is 2.53 bits per heavy atom. The molecule has 1 aliphatic carbocycles. The van der Waals surface area contributed by atoms with Crippen LogP contribution in [0.15, 0.2) is 12.1 Å². The minimum Gasteiger partial charge on any atom is -0.495 e. The van der Waals surface area contributed by atoms with Gasteiger partial charge in [0.15, 0.2) is 0 Å². The topological polar surface area (TPSA) is 39.2 Å². The van der Waals surface area contributed by atoms with Crippen molar-refractivity contribution in [3.63, 3.8) is 0 Å². The molecule has 92 valence electrons. The van der Waals surface area contributed by atoms with Crippen molar-refractivity contribution >= 4 is 6.29 Å². The number of hydrogen-bond acceptors (Lipinski definition) is 3. The number of rotatable bonds is 3. The first-order chi connectivity index (χ1) is 8.24. The molecule has 17 heavy (non-hydrogen) atoms. The highest BCUT2D eigenvalue weighted by Crippen LogP contribution is 2.34. The Labute approximate surface area is 102 Å². The number of aldehydes is 1. The zero-order valence-electron chi connectivity index (χ0n) is 10.5. The van der Waals surface area contributed by atoms with E-state index in [-0.39, 0.29) is 5.92 Å². The summed E-state index contributed by atoms with van der Waals surface area (Å²) in [6, 6.07) is 4.04. The first kappa shape index (κ1) is 12.1. The summed E-state index contributed by atoms with van der Waals surface area (Å²) < 4.78 is 5.21. The predicted molar refractivity (Wildman–Crippen MR) is 66.3 cm³/mol. The predicted octanol–water partition coefficient (Wildman–Crippen LogP) is 2.87. The first-order valence-corrected chi connectivity index (χ1v) is 6.21. The van der Waals surface area contributed by atoms with Crippen LogP contribution in [0.5, 0.6) is 5.75 Å². The lowest BCUT2D eigenvalue weighted by molar-refractivity contribution is -0.111. The van der Waals surface area contributed by atoms with E-state index in [1.54, 1.807) is 7.11 Å². The molecule has 3 heteroatoms. The van der Waals surface area contributed by atoms with E-state index in [9.17, 15) is 4.79 Å². The Morgan fingerprint density at radius 1 is 1.29 bits per heavy atom. The van der Waals surface area contributed by atoms with E-state index in [1.807, 2.05) is 13.0 Å². The van der Waals surface area contributed by atoms with Crippen molar-refractivity contribution in [3.8, 4) is 5.75 Å². The van der Waals surface area contributed by atoms with Crippen molar-refractivity contribution in [2.24, 2.45) is 5.92 Å². The van der Waals surface area contributed by atoms with Crippen LogP contribution in [0.4, 0.5) is 0 Å². The SMILES string of the molecule is COc1ccc([C@H]2CC[C@H](C=O)CC2)nc1C. The van der Waals surface area contributed by atoms with Gasteiger partial charge in [-0.1, -0.05) is 0 Å². The third-order valence-corrected chi connectivity index (χ3v) is 3.66. The normalized spacial score (nSPS) is 24.4. The second-order valence-corrected chi connectivity index (χ2v) is 4.77. The Balaban J connectivity index is 2.08. The molecule has 0 N–H and O–H groups in total. The molecule has 1 saturated carbocycles. The maximum Gasteiger partial charge on any atom is 0.140 e. The molecule has 3 nitrogen and oxygen atoms in total. The lowest BCUT2D eigenvalue weighted by atomic mass is 9.81. The molecule has 0 bridgehead atoms. The summed E-state index contributed by atoms with van der Waals surface area (Å²) >= 11 is 0. The maximum atomic E-state index is 10.7. The van der Waals surface area contributed by atoms with Gasteiger partial charge in [0.1, 0.15) is 12.0 Å². The summed E-state index contributed by atoms with van der Waals surface area (Å²) in [4.78, 5) is 15.3. The van der Waals surface area contributed by atoms with E-state index < -0.39 is 0 Å². The fourth-order valence-corrected chi connectivity index (χ4v) is 2.56. The minimum atomic E-state index is 0.269. The van der Waals surface area contributed by atoms with Crippen molar-refractivity contribution < 1.29 is 9.53 Å². The van der Waals surface area contributed by atoms with Gasteiger partial charge in [0.2, 0.25) is 0 Å². The molecule has 1 aliphatic rings. The van der Waals surface area contributed by atoms with Gasteiger partial charge in [-0.3, -0.25) is 4.98 Å². The van der Waals surface area contributed by atoms with Gasteiger partial charge in [0, 0.05) is 17.5 Å². The van der Waals surface area contributed by atoms with E-state index in [1.165, 1.54) is 0 Å². The Morgan fingerprint density at radius 2 is 2.00 bits per heavy atom. The summed E-state index contributed by atoms with van der Waals surface area (Å²) in [6.07, 6.45) is 5.25. The summed E-state index contributed by atoms with van der Waals surface area (Å²) in [5.74, 6) is 1.62. The second kappa shape index (κ2) is 5.30. The molecule has 0 radical (unpaired) electrons. The van der Waals surface area contributed by atoms with E-state index in [0.29, 0.717) is 5.92 Å². The number of methoxy groups -OCH3 is 1. The molecule has 0 amide bonds. The zero-order valence-corrected chi connectivity index (χ0v) is 10.5. The van der Waals surface area contributed by atoms with E-state index in [2.05, 4.69) is 11.1 Å². The lowest BCUT2D eigenvalue weighted by Crippen LogP contribution is -2.15. The molecule has 1 fully saturated rings. The van der Waals surface area contributed by atoms with E-state index in [4.69, 9.17) is 4.74 Å². The summed E-state index contributed by atoms with van der Waals surface area (Å²) in [5.41, 5.74) is 2.09. The van der Waals surface area contributed by atoms with Crippen LogP contribution in [0, 0.1) is 12.8 Å². The summed E-state index contributed by atoms with van der Waals surface area (Å²) in [7, 11) is 1.67. The Bertz CT molecular complexity index is 395. The average Bonchev–Trinajstić information content (AvgIpc) is 2.39. The van der Waals surface area contributed by atoms with Crippen LogP contribution in [0.1, 0.15) is 43.0 Å². The van der Waals surface area contributed by atoms with E-state index >= 15 is 0 Å². The number of carbonyl (C=O) groups excluding carboxylic acids is 1. The van der Waals surface area contributed by atoms with Gasteiger partial charge in [-0.05, 0) is 44.7 Å². The number of aryl methyl sites for hydroxylation is 1. The van der Waals surface area contributed by atoms with Crippen molar-refractivity contribution in [3.05, 3.63) is 23.5 Å². The third-order valence-electron chi connectivity index (χ3n) is 3.66. The number of nitrogens with zero attached hydrogens (tertiary/aromatic N) is 1. The third kappa shape index (κ3) is 2.65. The van der Waals surface area contributed by atoms with Gasteiger partial charge in [-0.25, -0.2) is 0 Å². The van der Waals surface area contributed by atoms with Crippen LogP contribution in [0.2, 0.25) is 0 Å². The molecule has 0 aromatic carbocycles. The molecule has 1 aromatic heterocycles. The van der Waals surface area contributed by atoms with Crippen LogP contribution < -0.4 is 4.74 Å². The van der Waals surface area contributed by atoms with Gasteiger partial charge in [-0.15, -0.1) is 0 Å². The van der Waals surface area contributed by atoms with Gasteiger partial charge in [0.05, 0.1) is 12.8 Å². The smallest absolute Gasteiger partial charge is 0.140 e. The number of aromatic nitrogens is 1. The molecule has 0 aliphatic heterocycles. The van der Waals surface area contributed by atoms with Crippen LogP contribution >= 0.6 is 0 Å². The molecule has 0 unspecified atom stereocenters. The molecular weight excluding hydrogens is 214 g/mol. The quantitative estimate of drug-likeness (QED) is 0.753. The molecular formula is C14H19NO2. The highest BCUT2D eigenvalue weighted by Gasteiger charge is 2.23. The van der Waals surface area contributed by atoms with Gasteiger partial charge in [0.25, 0.3) is 0 Å². The molecule has 1 aromatic rings. The van der Waals surface area contributed by atoms with Crippen LogP contribution in [0.25, 0.3) is 0 Å². The fourth-order valence-electron chi connectivity index (χ4n) is 2.56. The fraction of sp³-hybridized carbons (Fsp3) is 0.571. The first-order valence-electron chi connectivity index (χ1n) is 6.21. The van der Waals surface area contributed by atoms with E-state index in [0.717, 1.165) is 49.1 Å². The Kier molecular flexibility index (Phi) is 3.77. The number of ether oxygens (including phenoxy) is 1.